The van der Waals surface area contributed by atoms with Gasteiger partial charge >= 0.3 is 17.9 Å². The second-order valence-corrected chi connectivity index (χ2v) is 20.2. The normalized spacial score (nSPS) is 41.3. The Hall–Kier alpha value is -2.12. The molecular formula is C43H69NO7. The van der Waals surface area contributed by atoms with Gasteiger partial charge in [-0.2, -0.15) is 0 Å². The maximum absolute atomic E-state index is 14.8. The lowest BCUT2D eigenvalue weighted by Crippen LogP contribution is -2.67. The van der Waals surface area contributed by atoms with Crippen molar-refractivity contribution in [1.82, 2.24) is 4.90 Å². The van der Waals surface area contributed by atoms with Crippen LogP contribution in [-0.4, -0.2) is 59.6 Å². The van der Waals surface area contributed by atoms with Crippen molar-refractivity contribution in [2.45, 2.75) is 165 Å². The van der Waals surface area contributed by atoms with Crippen LogP contribution in [0.1, 0.15) is 159 Å². The van der Waals surface area contributed by atoms with Crippen LogP contribution in [0.4, 0.5) is 0 Å². The number of carboxylic acids is 1. The molecule has 6 fully saturated rings. The number of esters is 2. The first-order chi connectivity index (χ1) is 23.8. The van der Waals surface area contributed by atoms with Crippen molar-refractivity contribution >= 4 is 23.8 Å². The predicted molar refractivity (Wildman–Crippen MR) is 196 cm³/mol. The quantitative estimate of drug-likeness (QED) is 0.251. The number of carbonyl (C=O) groups excluding carboxylic acids is 3. The molecule has 1 heterocycles. The molecule has 8 heteroatoms. The highest BCUT2D eigenvalue weighted by Gasteiger charge is 2.71. The summed E-state index contributed by atoms with van der Waals surface area (Å²) in [6.45, 7) is 21.2. The number of hydrogen-bond acceptors (Lipinski definition) is 6. The number of carboxylic acid groups (broad SMARTS) is 1. The van der Waals surface area contributed by atoms with E-state index in [2.05, 4.69) is 46.4 Å². The smallest absolute Gasteiger partial charge is 0.312 e. The van der Waals surface area contributed by atoms with Crippen LogP contribution < -0.4 is 0 Å². The highest BCUT2D eigenvalue weighted by molar-refractivity contribution is 5.85. The van der Waals surface area contributed by atoms with Crippen molar-refractivity contribution in [3.8, 4) is 0 Å². The van der Waals surface area contributed by atoms with Crippen molar-refractivity contribution in [3.63, 3.8) is 0 Å². The topological polar surface area (TPSA) is 110 Å². The van der Waals surface area contributed by atoms with E-state index in [0.717, 1.165) is 64.2 Å². The van der Waals surface area contributed by atoms with Crippen LogP contribution >= 0.6 is 0 Å². The summed E-state index contributed by atoms with van der Waals surface area (Å²) >= 11 is 0. The summed E-state index contributed by atoms with van der Waals surface area (Å²) in [6, 6.07) is 0. The summed E-state index contributed by atoms with van der Waals surface area (Å²) in [5.41, 5.74) is -1.59. The average molecular weight is 712 g/mol. The van der Waals surface area contributed by atoms with Gasteiger partial charge in [-0.05, 0) is 144 Å². The lowest BCUT2D eigenvalue weighted by molar-refractivity contribution is -0.248. The molecule has 288 valence electrons. The van der Waals surface area contributed by atoms with Crippen LogP contribution in [0.2, 0.25) is 0 Å². The van der Waals surface area contributed by atoms with E-state index in [-0.39, 0.29) is 45.6 Å². The molecule has 6 aliphatic rings. The molecule has 5 saturated carbocycles. The van der Waals surface area contributed by atoms with Gasteiger partial charge in [0.15, 0.2) is 0 Å². The monoisotopic (exact) mass is 712 g/mol. The van der Waals surface area contributed by atoms with E-state index in [1.165, 1.54) is 12.8 Å². The molecule has 1 N–H and O–H groups in total. The number of amides is 1. The molecule has 0 radical (unpaired) electrons. The van der Waals surface area contributed by atoms with Gasteiger partial charge in [0.1, 0.15) is 6.10 Å². The lowest BCUT2D eigenvalue weighted by atomic mass is 9.32. The number of nitrogens with zero attached hydrogens (tertiary/aromatic N) is 1. The molecule has 0 spiro atoms. The number of hydrogen-bond donors (Lipinski definition) is 1. The fourth-order valence-electron chi connectivity index (χ4n) is 14.2. The highest BCUT2D eigenvalue weighted by atomic mass is 16.5. The van der Waals surface area contributed by atoms with Gasteiger partial charge < -0.3 is 19.5 Å². The number of carbonyl (C=O) groups is 4. The molecule has 4 unspecified atom stereocenters. The van der Waals surface area contributed by atoms with Gasteiger partial charge in [0.25, 0.3) is 0 Å². The first kappa shape index (κ1) is 38.6. The SMILES string of the molecule is CCOC(=O)C1(CC)CCN(C(=O)[C@]23CCCC2C2CCC4[C@@]5(C)CC[C@H](OC(=O)CC(C)(C)C(=O)O)C(C)(C)C5CC[C@@]4(C)[C@]2(C)CC3)CC1. The molecular weight excluding hydrogens is 642 g/mol. The summed E-state index contributed by atoms with van der Waals surface area (Å²) in [6.07, 6.45) is 13.7. The fourth-order valence-corrected chi connectivity index (χ4v) is 14.2. The molecule has 0 bridgehead atoms. The predicted octanol–water partition coefficient (Wildman–Crippen LogP) is 8.84. The largest absolute Gasteiger partial charge is 0.481 e. The summed E-state index contributed by atoms with van der Waals surface area (Å²) in [4.78, 5) is 54.6. The van der Waals surface area contributed by atoms with Crippen molar-refractivity contribution < 1.29 is 33.8 Å². The average Bonchev–Trinajstić information content (AvgIpc) is 3.51. The van der Waals surface area contributed by atoms with Crippen LogP contribution in [0.15, 0.2) is 0 Å². The van der Waals surface area contributed by atoms with E-state index in [0.29, 0.717) is 62.1 Å². The summed E-state index contributed by atoms with van der Waals surface area (Å²) in [5, 5.41) is 9.59. The van der Waals surface area contributed by atoms with E-state index in [4.69, 9.17) is 9.47 Å². The van der Waals surface area contributed by atoms with Gasteiger partial charge in [-0.1, -0.05) is 48.0 Å². The molecule has 9 atom stereocenters. The molecule has 0 aromatic heterocycles. The van der Waals surface area contributed by atoms with Gasteiger partial charge in [-0.3, -0.25) is 19.2 Å². The summed E-state index contributed by atoms with van der Waals surface area (Å²) in [7, 11) is 0. The van der Waals surface area contributed by atoms with Crippen LogP contribution in [-0.2, 0) is 28.7 Å². The van der Waals surface area contributed by atoms with Crippen LogP contribution in [0.5, 0.6) is 0 Å². The standard InChI is InChI=1S/C43H69NO7/c1-10-42(36(49)50-11-2)23-25-44(26-24-42)34(46)43-18-12-13-29(43)28-14-15-31-39(7)19-17-32(51-33(45)27-37(3,4)35(47)48)38(5,6)30(39)16-20-41(31,9)40(28,8)21-22-43/h28-32H,10-27H2,1-9H3,(H,47,48)/t28?,29?,30?,31?,32-,39-,40+,41+,43-/m0/s1. The first-order valence-corrected chi connectivity index (χ1v) is 20.7. The third kappa shape index (κ3) is 5.71. The van der Waals surface area contributed by atoms with Crippen molar-refractivity contribution in [2.75, 3.05) is 19.7 Å². The highest BCUT2D eigenvalue weighted by Crippen LogP contribution is 2.77. The first-order valence-electron chi connectivity index (χ1n) is 20.7. The van der Waals surface area contributed by atoms with E-state index in [1.54, 1.807) is 13.8 Å². The van der Waals surface area contributed by atoms with E-state index < -0.39 is 22.8 Å². The fraction of sp³-hybridized carbons (Fsp3) is 0.907. The van der Waals surface area contributed by atoms with Crippen LogP contribution in [0.25, 0.3) is 0 Å². The second kappa shape index (κ2) is 13.0. The maximum Gasteiger partial charge on any atom is 0.312 e. The molecule has 1 saturated heterocycles. The van der Waals surface area contributed by atoms with Crippen molar-refractivity contribution in [1.29, 1.82) is 0 Å². The number of ether oxygens (including phenoxy) is 2. The molecule has 1 aliphatic heterocycles. The Labute approximate surface area is 307 Å². The number of fused-ring (bicyclic) bond motifs is 7. The summed E-state index contributed by atoms with van der Waals surface area (Å²) in [5.74, 6) is 0.875. The second-order valence-electron chi connectivity index (χ2n) is 20.2. The van der Waals surface area contributed by atoms with Gasteiger partial charge in [0.05, 0.1) is 29.3 Å². The van der Waals surface area contributed by atoms with Crippen LogP contribution in [0, 0.1) is 61.6 Å². The Balaban J connectivity index is 1.19. The molecule has 51 heavy (non-hydrogen) atoms. The Kier molecular flexibility index (Phi) is 9.86. The molecule has 8 nitrogen and oxygen atoms in total. The molecule has 0 aromatic rings. The van der Waals surface area contributed by atoms with E-state index >= 15 is 0 Å². The Bertz CT molecular complexity index is 1400. The van der Waals surface area contributed by atoms with Gasteiger partial charge in [-0.25, -0.2) is 0 Å². The van der Waals surface area contributed by atoms with Crippen molar-refractivity contribution in [2.24, 2.45) is 61.6 Å². The maximum atomic E-state index is 14.8. The van der Waals surface area contributed by atoms with Crippen LogP contribution in [0.3, 0.4) is 0 Å². The Morgan fingerprint density at radius 1 is 0.765 bits per heavy atom. The molecule has 5 aliphatic carbocycles. The zero-order valence-electron chi connectivity index (χ0n) is 33.5. The third-order valence-electron chi connectivity index (χ3n) is 17.6. The minimum absolute atomic E-state index is 0.0870. The number of aliphatic carboxylic acids is 1. The van der Waals surface area contributed by atoms with Crippen molar-refractivity contribution in [3.05, 3.63) is 0 Å². The Morgan fingerprint density at radius 2 is 1.45 bits per heavy atom. The zero-order chi connectivity index (χ0) is 37.4. The molecule has 6 rings (SSSR count). The Morgan fingerprint density at radius 3 is 2.08 bits per heavy atom. The zero-order valence-corrected chi connectivity index (χ0v) is 33.5. The van der Waals surface area contributed by atoms with E-state index in [9.17, 15) is 24.3 Å². The van der Waals surface area contributed by atoms with Gasteiger partial charge in [0, 0.05) is 18.5 Å². The minimum Gasteiger partial charge on any atom is -0.481 e. The number of likely N-dealkylation sites (tertiary alicyclic amines) is 1. The number of rotatable bonds is 8. The number of piperidine rings is 1. The summed E-state index contributed by atoms with van der Waals surface area (Å²) < 4.78 is 11.7. The van der Waals surface area contributed by atoms with Gasteiger partial charge in [-0.15, -0.1) is 0 Å². The van der Waals surface area contributed by atoms with Gasteiger partial charge in [0.2, 0.25) is 5.91 Å². The lowest BCUT2D eigenvalue weighted by Gasteiger charge is -2.72. The third-order valence-corrected chi connectivity index (χ3v) is 17.6. The van der Waals surface area contributed by atoms with E-state index in [1.807, 2.05) is 6.92 Å². The minimum atomic E-state index is -1.15. The molecule has 1 amide bonds. The molecule has 0 aromatic carbocycles.